The van der Waals surface area contributed by atoms with Gasteiger partial charge in [0, 0.05) is 26.0 Å². The van der Waals surface area contributed by atoms with Gasteiger partial charge in [0.05, 0.1) is 0 Å². The van der Waals surface area contributed by atoms with Crippen molar-refractivity contribution in [2.24, 2.45) is 0 Å². The molecular weight excluding hydrogens is 290 g/mol. The van der Waals surface area contributed by atoms with Crippen molar-refractivity contribution in [3.63, 3.8) is 0 Å². The lowest BCUT2D eigenvalue weighted by Gasteiger charge is -2.27. The van der Waals surface area contributed by atoms with E-state index in [1.807, 2.05) is 20.8 Å². The second kappa shape index (κ2) is 7.35. The molecule has 1 saturated heterocycles. The van der Waals surface area contributed by atoms with Crippen LogP contribution in [0.2, 0.25) is 0 Å². The fourth-order valence-electron chi connectivity index (χ4n) is 3.02. The molecule has 1 aliphatic rings. The summed E-state index contributed by atoms with van der Waals surface area (Å²) in [5, 5.41) is 0. The summed E-state index contributed by atoms with van der Waals surface area (Å²) in [6.07, 6.45) is 2.55. The van der Waals surface area contributed by atoms with Crippen molar-refractivity contribution in [3.8, 4) is 0 Å². The second-order valence-corrected chi connectivity index (χ2v) is 7.25. The van der Waals surface area contributed by atoms with E-state index in [2.05, 4.69) is 31.2 Å². The fraction of sp³-hybridized carbons (Fsp3) is 0.632. The standard InChI is InChI=1S/C19H29NO3/c1-6-7-14-8-10-15(11-9-14)16-12-17(22-5)20(13-16)18(21)23-19(2,3)4/h8-11,16-17H,6-7,12-13H2,1-5H3. The zero-order valence-electron chi connectivity index (χ0n) is 15.0. The average molecular weight is 319 g/mol. The first-order chi connectivity index (χ1) is 10.8. The first kappa shape index (κ1) is 17.8. The van der Waals surface area contributed by atoms with Crippen LogP contribution in [0.4, 0.5) is 4.79 Å². The van der Waals surface area contributed by atoms with Crippen molar-refractivity contribution >= 4 is 6.09 Å². The molecule has 0 radical (unpaired) electrons. The topological polar surface area (TPSA) is 38.8 Å². The quantitative estimate of drug-likeness (QED) is 0.829. The largest absolute Gasteiger partial charge is 0.444 e. The maximum Gasteiger partial charge on any atom is 0.412 e. The predicted octanol–water partition coefficient (Wildman–Crippen LogP) is 4.34. The highest BCUT2D eigenvalue weighted by molar-refractivity contribution is 5.69. The van der Waals surface area contributed by atoms with Gasteiger partial charge in [0.2, 0.25) is 0 Å². The highest BCUT2D eigenvalue weighted by Gasteiger charge is 2.38. The van der Waals surface area contributed by atoms with E-state index in [0.29, 0.717) is 12.5 Å². The molecular formula is C19H29NO3. The van der Waals surface area contributed by atoms with Crippen molar-refractivity contribution in [3.05, 3.63) is 35.4 Å². The summed E-state index contributed by atoms with van der Waals surface area (Å²) >= 11 is 0. The van der Waals surface area contributed by atoms with Crippen LogP contribution in [0.15, 0.2) is 24.3 Å². The van der Waals surface area contributed by atoms with Gasteiger partial charge in [-0.1, -0.05) is 37.6 Å². The SMILES string of the molecule is CCCc1ccc(C2CC(OC)N(C(=O)OC(C)(C)C)C2)cc1. The molecule has 0 saturated carbocycles. The van der Waals surface area contributed by atoms with Crippen LogP contribution in [0.25, 0.3) is 0 Å². The van der Waals surface area contributed by atoms with E-state index in [1.54, 1.807) is 12.0 Å². The molecule has 0 bridgehead atoms. The number of carbonyl (C=O) groups is 1. The van der Waals surface area contributed by atoms with Crippen molar-refractivity contribution < 1.29 is 14.3 Å². The third kappa shape index (κ3) is 4.71. The van der Waals surface area contributed by atoms with Crippen LogP contribution in [0.5, 0.6) is 0 Å². The molecule has 4 heteroatoms. The van der Waals surface area contributed by atoms with E-state index >= 15 is 0 Å². The molecule has 0 spiro atoms. The van der Waals surface area contributed by atoms with Crippen molar-refractivity contribution in [1.82, 2.24) is 4.90 Å². The van der Waals surface area contributed by atoms with Crippen molar-refractivity contribution in [1.29, 1.82) is 0 Å². The summed E-state index contributed by atoms with van der Waals surface area (Å²) in [6, 6.07) is 8.75. The Morgan fingerprint density at radius 1 is 1.26 bits per heavy atom. The van der Waals surface area contributed by atoms with Gasteiger partial charge in [0.15, 0.2) is 0 Å². The fourth-order valence-corrected chi connectivity index (χ4v) is 3.02. The minimum atomic E-state index is -0.491. The van der Waals surface area contributed by atoms with Crippen LogP contribution in [0, 0.1) is 0 Å². The van der Waals surface area contributed by atoms with E-state index in [1.165, 1.54) is 11.1 Å². The third-order valence-corrected chi connectivity index (χ3v) is 4.14. The Balaban J connectivity index is 2.07. The predicted molar refractivity (Wildman–Crippen MR) is 91.5 cm³/mol. The number of carbonyl (C=O) groups excluding carboxylic acids is 1. The number of hydrogen-bond donors (Lipinski definition) is 0. The lowest BCUT2D eigenvalue weighted by atomic mass is 9.96. The van der Waals surface area contributed by atoms with Gasteiger partial charge < -0.3 is 9.47 Å². The summed E-state index contributed by atoms with van der Waals surface area (Å²) in [4.78, 5) is 14.1. The molecule has 1 fully saturated rings. The number of rotatable bonds is 4. The Hall–Kier alpha value is -1.55. The molecule has 2 unspecified atom stereocenters. The van der Waals surface area contributed by atoms with Gasteiger partial charge in [0.25, 0.3) is 0 Å². The number of hydrogen-bond acceptors (Lipinski definition) is 3. The van der Waals surface area contributed by atoms with Crippen molar-refractivity contribution in [2.45, 2.75) is 64.7 Å². The van der Waals surface area contributed by atoms with Crippen LogP contribution in [-0.4, -0.2) is 36.5 Å². The monoisotopic (exact) mass is 319 g/mol. The first-order valence-electron chi connectivity index (χ1n) is 8.45. The molecule has 128 valence electrons. The van der Waals surface area contributed by atoms with Gasteiger partial charge in [0.1, 0.15) is 11.8 Å². The van der Waals surface area contributed by atoms with E-state index in [0.717, 1.165) is 19.3 Å². The molecule has 0 aliphatic carbocycles. The van der Waals surface area contributed by atoms with Gasteiger partial charge in [-0.2, -0.15) is 0 Å². The third-order valence-electron chi connectivity index (χ3n) is 4.14. The lowest BCUT2D eigenvalue weighted by Crippen LogP contribution is -2.40. The molecule has 1 aromatic rings. The van der Waals surface area contributed by atoms with Crippen LogP contribution >= 0.6 is 0 Å². The number of nitrogens with zero attached hydrogens (tertiary/aromatic N) is 1. The molecule has 4 nitrogen and oxygen atoms in total. The molecule has 1 heterocycles. The average Bonchev–Trinajstić information content (AvgIpc) is 2.91. The van der Waals surface area contributed by atoms with Gasteiger partial charge >= 0.3 is 6.09 Å². The summed E-state index contributed by atoms with van der Waals surface area (Å²) in [5.41, 5.74) is 2.13. The zero-order valence-corrected chi connectivity index (χ0v) is 15.0. The Bertz CT molecular complexity index is 518. The van der Waals surface area contributed by atoms with Crippen LogP contribution < -0.4 is 0 Å². The summed E-state index contributed by atoms with van der Waals surface area (Å²) in [5.74, 6) is 0.295. The zero-order chi connectivity index (χ0) is 17.0. The maximum atomic E-state index is 12.4. The summed E-state index contributed by atoms with van der Waals surface area (Å²) in [6.45, 7) is 8.47. The smallest absolute Gasteiger partial charge is 0.412 e. The van der Waals surface area contributed by atoms with Gasteiger partial charge in [-0.3, -0.25) is 4.90 Å². The molecule has 2 atom stereocenters. The highest BCUT2D eigenvalue weighted by Crippen LogP contribution is 2.33. The molecule has 1 aliphatic heterocycles. The van der Waals surface area contributed by atoms with Crippen LogP contribution in [-0.2, 0) is 15.9 Å². The number of methoxy groups -OCH3 is 1. The Labute approximate surface area is 139 Å². The van der Waals surface area contributed by atoms with Gasteiger partial charge in [-0.15, -0.1) is 0 Å². The summed E-state index contributed by atoms with van der Waals surface area (Å²) < 4.78 is 11.0. The summed E-state index contributed by atoms with van der Waals surface area (Å²) in [7, 11) is 1.65. The molecule has 0 aromatic heterocycles. The van der Waals surface area contributed by atoms with Gasteiger partial charge in [-0.25, -0.2) is 4.79 Å². The number of amides is 1. The van der Waals surface area contributed by atoms with E-state index in [-0.39, 0.29) is 12.3 Å². The lowest BCUT2D eigenvalue weighted by molar-refractivity contribution is -0.0305. The molecule has 23 heavy (non-hydrogen) atoms. The van der Waals surface area contributed by atoms with E-state index in [9.17, 15) is 4.79 Å². The number of benzene rings is 1. The van der Waals surface area contributed by atoms with Crippen LogP contribution in [0.3, 0.4) is 0 Å². The first-order valence-corrected chi connectivity index (χ1v) is 8.45. The number of aryl methyl sites for hydroxylation is 1. The molecule has 2 rings (SSSR count). The van der Waals surface area contributed by atoms with E-state index in [4.69, 9.17) is 9.47 Å². The Kier molecular flexibility index (Phi) is 5.69. The Morgan fingerprint density at radius 3 is 2.43 bits per heavy atom. The molecule has 1 aromatic carbocycles. The number of ether oxygens (including phenoxy) is 2. The van der Waals surface area contributed by atoms with Crippen LogP contribution in [0.1, 0.15) is 57.6 Å². The highest BCUT2D eigenvalue weighted by atomic mass is 16.6. The minimum absolute atomic E-state index is 0.217. The van der Waals surface area contributed by atoms with E-state index < -0.39 is 5.60 Å². The molecule has 1 amide bonds. The second-order valence-electron chi connectivity index (χ2n) is 7.25. The normalized spacial score (nSPS) is 21.5. The Morgan fingerprint density at radius 2 is 1.91 bits per heavy atom. The molecule has 0 N–H and O–H groups in total. The number of likely N-dealkylation sites (tertiary alicyclic amines) is 1. The van der Waals surface area contributed by atoms with Crippen molar-refractivity contribution in [2.75, 3.05) is 13.7 Å². The minimum Gasteiger partial charge on any atom is -0.444 e. The van der Waals surface area contributed by atoms with Gasteiger partial charge in [-0.05, 0) is 38.3 Å². The maximum absolute atomic E-state index is 12.4.